The maximum absolute atomic E-state index is 12.8. The lowest BCUT2D eigenvalue weighted by atomic mass is 10.1. The van der Waals surface area contributed by atoms with Gasteiger partial charge in [0.15, 0.2) is 0 Å². The number of halogens is 2. The summed E-state index contributed by atoms with van der Waals surface area (Å²) in [4.78, 5) is 26.6. The quantitative estimate of drug-likeness (QED) is 0.651. The van der Waals surface area contributed by atoms with Crippen molar-refractivity contribution in [3.63, 3.8) is 0 Å². The SMILES string of the molecule is C[C@@H](c1ccccc1)N(C)C(=O)c1ccc(-n2ncc(Cl)c(Cl)c2=O)cc1. The molecule has 27 heavy (non-hydrogen) atoms. The molecule has 0 bridgehead atoms. The number of amides is 1. The zero-order valence-electron chi connectivity index (χ0n) is 14.8. The Kier molecular flexibility index (Phi) is 5.63. The van der Waals surface area contributed by atoms with Gasteiger partial charge in [0.25, 0.3) is 11.5 Å². The van der Waals surface area contributed by atoms with Gasteiger partial charge in [-0.05, 0) is 36.8 Å². The lowest BCUT2D eigenvalue weighted by molar-refractivity contribution is 0.0742. The second-order valence-corrected chi connectivity index (χ2v) is 6.86. The molecule has 7 heteroatoms. The van der Waals surface area contributed by atoms with Gasteiger partial charge in [-0.15, -0.1) is 0 Å². The van der Waals surface area contributed by atoms with Crippen molar-refractivity contribution in [2.75, 3.05) is 7.05 Å². The van der Waals surface area contributed by atoms with Crippen LogP contribution in [0.4, 0.5) is 0 Å². The number of nitrogens with zero attached hydrogens (tertiary/aromatic N) is 3. The molecule has 0 radical (unpaired) electrons. The van der Waals surface area contributed by atoms with Crippen molar-refractivity contribution in [1.82, 2.24) is 14.7 Å². The van der Waals surface area contributed by atoms with E-state index in [2.05, 4.69) is 5.10 Å². The summed E-state index contributed by atoms with van der Waals surface area (Å²) in [6.07, 6.45) is 1.31. The molecule has 1 atom stereocenters. The second-order valence-electron chi connectivity index (χ2n) is 6.07. The van der Waals surface area contributed by atoms with E-state index in [-0.39, 0.29) is 22.0 Å². The average Bonchev–Trinajstić information content (AvgIpc) is 2.71. The molecule has 0 aliphatic rings. The van der Waals surface area contributed by atoms with Gasteiger partial charge in [-0.1, -0.05) is 53.5 Å². The van der Waals surface area contributed by atoms with Gasteiger partial charge in [-0.2, -0.15) is 9.78 Å². The van der Waals surface area contributed by atoms with Crippen molar-refractivity contribution in [3.8, 4) is 5.69 Å². The highest BCUT2D eigenvalue weighted by Crippen LogP contribution is 2.21. The minimum absolute atomic E-state index is 0.0715. The summed E-state index contributed by atoms with van der Waals surface area (Å²) in [7, 11) is 1.76. The zero-order chi connectivity index (χ0) is 19.6. The van der Waals surface area contributed by atoms with Crippen LogP contribution in [-0.2, 0) is 0 Å². The molecule has 1 aromatic heterocycles. The normalized spacial score (nSPS) is 11.9. The average molecular weight is 402 g/mol. The highest BCUT2D eigenvalue weighted by atomic mass is 35.5. The summed E-state index contributed by atoms with van der Waals surface area (Å²) in [5.41, 5.74) is 1.54. The monoisotopic (exact) mass is 401 g/mol. The molecule has 3 aromatic rings. The van der Waals surface area contributed by atoms with Crippen LogP contribution in [0.2, 0.25) is 10.0 Å². The van der Waals surface area contributed by atoms with Crippen molar-refractivity contribution in [2.24, 2.45) is 0 Å². The van der Waals surface area contributed by atoms with E-state index in [0.29, 0.717) is 11.3 Å². The van der Waals surface area contributed by atoms with Crippen molar-refractivity contribution < 1.29 is 4.79 Å². The summed E-state index contributed by atoms with van der Waals surface area (Å²) in [6, 6.07) is 16.3. The van der Waals surface area contributed by atoms with Crippen LogP contribution < -0.4 is 5.56 Å². The third kappa shape index (κ3) is 3.89. The largest absolute Gasteiger partial charge is 0.335 e. The van der Waals surface area contributed by atoms with Crippen LogP contribution in [0.5, 0.6) is 0 Å². The van der Waals surface area contributed by atoms with Crippen LogP contribution in [-0.4, -0.2) is 27.6 Å². The first-order chi connectivity index (χ1) is 12.9. The Hall–Kier alpha value is -2.63. The molecule has 0 N–H and O–H groups in total. The number of benzene rings is 2. The first-order valence-electron chi connectivity index (χ1n) is 8.26. The first-order valence-corrected chi connectivity index (χ1v) is 9.01. The highest BCUT2D eigenvalue weighted by Gasteiger charge is 2.19. The minimum Gasteiger partial charge on any atom is -0.335 e. The van der Waals surface area contributed by atoms with Crippen molar-refractivity contribution in [1.29, 1.82) is 0 Å². The van der Waals surface area contributed by atoms with Gasteiger partial charge < -0.3 is 4.90 Å². The number of carbonyl (C=O) groups is 1. The van der Waals surface area contributed by atoms with E-state index >= 15 is 0 Å². The maximum atomic E-state index is 12.8. The van der Waals surface area contributed by atoms with Gasteiger partial charge >= 0.3 is 0 Å². The highest BCUT2D eigenvalue weighted by molar-refractivity contribution is 6.41. The Morgan fingerprint density at radius 3 is 2.33 bits per heavy atom. The molecular formula is C20H17Cl2N3O2. The fourth-order valence-corrected chi connectivity index (χ4v) is 2.93. The summed E-state index contributed by atoms with van der Waals surface area (Å²) < 4.78 is 1.14. The standard InChI is InChI=1S/C20H17Cl2N3O2/c1-13(14-6-4-3-5-7-14)24(2)19(26)15-8-10-16(11-9-15)25-20(27)18(22)17(21)12-23-25/h3-13H,1-2H3/t13-/m0/s1. The summed E-state index contributed by atoms with van der Waals surface area (Å²) >= 11 is 11.7. The molecule has 0 saturated heterocycles. The van der Waals surface area contributed by atoms with Crippen molar-refractivity contribution in [2.45, 2.75) is 13.0 Å². The molecule has 0 saturated carbocycles. The maximum Gasteiger partial charge on any atom is 0.291 e. The van der Waals surface area contributed by atoms with Gasteiger partial charge in [0.05, 0.1) is 22.9 Å². The zero-order valence-corrected chi connectivity index (χ0v) is 16.3. The van der Waals surface area contributed by atoms with E-state index < -0.39 is 5.56 Å². The molecule has 5 nitrogen and oxygen atoms in total. The number of hydrogen-bond donors (Lipinski definition) is 0. The summed E-state index contributed by atoms with van der Waals surface area (Å²) in [5.74, 6) is -0.118. The Bertz CT molecular complexity index is 1020. The number of hydrogen-bond acceptors (Lipinski definition) is 3. The molecule has 0 aliphatic heterocycles. The van der Waals surface area contributed by atoms with Crippen molar-refractivity contribution in [3.05, 3.63) is 92.3 Å². The smallest absolute Gasteiger partial charge is 0.291 e. The van der Waals surface area contributed by atoms with Gasteiger partial charge in [0, 0.05) is 12.6 Å². The molecule has 0 unspecified atom stereocenters. The Morgan fingerprint density at radius 2 is 1.70 bits per heavy atom. The summed E-state index contributed by atoms with van der Waals surface area (Å²) in [5, 5.41) is 3.98. The van der Waals surface area contributed by atoms with Gasteiger partial charge in [0.2, 0.25) is 0 Å². The molecule has 3 rings (SSSR count). The molecule has 2 aromatic carbocycles. The minimum atomic E-state index is -0.516. The molecule has 138 valence electrons. The van der Waals surface area contributed by atoms with Gasteiger partial charge in [-0.3, -0.25) is 9.59 Å². The Morgan fingerprint density at radius 1 is 1.07 bits per heavy atom. The van der Waals surface area contributed by atoms with Crippen molar-refractivity contribution >= 4 is 29.1 Å². The van der Waals surface area contributed by atoms with E-state index in [1.165, 1.54) is 6.20 Å². The molecule has 0 fully saturated rings. The lowest BCUT2D eigenvalue weighted by Gasteiger charge is -2.25. The van der Waals surface area contributed by atoms with Crippen LogP contribution in [0, 0.1) is 0 Å². The van der Waals surface area contributed by atoms with Gasteiger partial charge in [0.1, 0.15) is 5.02 Å². The fourth-order valence-electron chi connectivity index (χ4n) is 2.68. The van der Waals surface area contributed by atoms with Crippen LogP contribution in [0.1, 0.15) is 28.9 Å². The topological polar surface area (TPSA) is 55.2 Å². The predicted octanol–water partition coefficient (Wildman–Crippen LogP) is 4.37. The Labute approximate surface area is 166 Å². The number of aromatic nitrogens is 2. The third-order valence-corrected chi connectivity index (χ3v) is 5.17. The van der Waals surface area contributed by atoms with Crippen LogP contribution in [0.3, 0.4) is 0 Å². The van der Waals surface area contributed by atoms with E-state index in [1.807, 2.05) is 37.3 Å². The van der Waals surface area contributed by atoms with Gasteiger partial charge in [-0.25, -0.2) is 0 Å². The molecule has 1 amide bonds. The molecule has 1 heterocycles. The van der Waals surface area contributed by atoms with E-state index in [0.717, 1.165) is 10.2 Å². The summed E-state index contributed by atoms with van der Waals surface area (Å²) in [6.45, 7) is 1.97. The lowest BCUT2D eigenvalue weighted by Crippen LogP contribution is -2.29. The van der Waals surface area contributed by atoms with Crippen LogP contribution in [0.25, 0.3) is 5.69 Å². The second kappa shape index (κ2) is 7.94. The molecule has 0 spiro atoms. The number of carbonyl (C=O) groups excluding carboxylic acids is 1. The van der Waals surface area contributed by atoms with E-state index in [4.69, 9.17) is 23.2 Å². The molecular weight excluding hydrogens is 385 g/mol. The third-order valence-electron chi connectivity index (χ3n) is 4.42. The fraction of sp³-hybridized carbons (Fsp3) is 0.150. The van der Waals surface area contributed by atoms with E-state index in [9.17, 15) is 9.59 Å². The first kappa shape index (κ1) is 19.1. The van der Waals surface area contributed by atoms with Crippen LogP contribution >= 0.6 is 23.2 Å². The number of rotatable bonds is 4. The van der Waals surface area contributed by atoms with E-state index in [1.54, 1.807) is 36.2 Å². The van der Waals surface area contributed by atoms with Crippen LogP contribution in [0.15, 0.2) is 65.6 Å². The predicted molar refractivity (Wildman–Crippen MR) is 107 cm³/mol. The Balaban J connectivity index is 1.84. The molecule has 0 aliphatic carbocycles.